The van der Waals surface area contributed by atoms with Crippen LogP contribution in [0, 0.1) is 5.92 Å². The Hall–Kier alpha value is -0.220. The number of thioether (sulfide) groups is 1. The van der Waals surface area contributed by atoms with Gasteiger partial charge in [-0.05, 0) is 5.92 Å². The highest BCUT2D eigenvalue weighted by Crippen LogP contribution is 2.22. The molecule has 0 saturated carbocycles. The summed E-state index contributed by atoms with van der Waals surface area (Å²) in [7, 11) is 0. The quantitative estimate of drug-likeness (QED) is 0.759. The SMILES string of the molecule is CC(C)C(CO)NC(=O)CSC(C)(C)C. The van der Waals surface area contributed by atoms with Crippen molar-refractivity contribution in [2.24, 2.45) is 5.92 Å². The van der Waals surface area contributed by atoms with Crippen molar-refractivity contribution in [1.82, 2.24) is 5.32 Å². The number of carbonyl (C=O) groups excluding carboxylic acids is 1. The molecule has 0 fully saturated rings. The summed E-state index contributed by atoms with van der Waals surface area (Å²) in [6.07, 6.45) is 0. The first kappa shape index (κ1) is 14.8. The molecule has 0 aromatic rings. The summed E-state index contributed by atoms with van der Waals surface area (Å²) in [5, 5.41) is 11.9. The molecule has 1 atom stereocenters. The highest BCUT2D eigenvalue weighted by molar-refractivity contribution is 8.01. The molecule has 0 aromatic heterocycles. The zero-order chi connectivity index (χ0) is 12.1. The molecule has 90 valence electrons. The number of nitrogens with one attached hydrogen (secondary N) is 1. The van der Waals surface area contributed by atoms with Crippen molar-refractivity contribution in [2.45, 2.75) is 45.4 Å². The highest BCUT2D eigenvalue weighted by atomic mass is 32.2. The van der Waals surface area contributed by atoms with E-state index in [0.29, 0.717) is 5.75 Å². The molecule has 0 aromatic carbocycles. The third-order valence-corrected chi connectivity index (χ3v) is 3.26. The molecule has 4 heteroatoms. The Balaban J connectivity index is 3.92. The summed E-state index contributed by atoms with van der Waals surface area (Å²) >= 11 is 1.61. The van der Waals surface area contributed by atoms with E-state index in [2.05, 4.69) is 26.1 Å². The van der Waals surface area contributed by atoms with E-state index >= 15 is 0 Å². The summed E-state index contributed by atoms with van der Waals surface area (Å²) < 4.78 is 0.101. The number of carbonyl (C=O) groups is 1. The Bertz CT molecular complexity index is 199. The summed E-state index contributed by atoms with van der Waals surface area (Å²) in [6.45, 7) is 10.2. The Kier molecular flexibility index (Phi) is 6.29. The predicted octanol–water partition coefficient (Wildman–Crippen LogP) is 1.65. The predicted molar refractivity (Wildman–Crippen MR) is 66.1 cm³/mol. The molecule has 0 aliphatic rings. The van der Waals surface area contributed by atoms with E-state index in [9.17, 15) is 4.79 Å². The van der Waals surface area contributed by atoms with Crippen molar-refractivity contribution < 1.29 is 9.90 Å². The lowest BCUT2D eigenvalue weighted by molar-refractivity contribution is -0.119. The molecule has 0 heterocycles. The first-order valence-corrected chi connectivity index (χ1v) is 6.29. The van der Waals surface area contributed by atoms with Crippen LogP contribution in [0.3, 0.4) is 0 Å². The number of aliphatic hydroxyl groups is 1. The topological polar surface area (TPSA) is 49.3 Å². The van der Waals surface area contributed by atoms with Gasteiger partial charge in [0.2, 0.25) is 5.91 Å². The van der Waals surface area contributed by atoms with E-state index in [0.717, 1.165) is 0 Å². The van der Waals surface area contributed by atoms with Crippen molar-refractivity contribution in [2.75, 3.05) is 12.4 Å². The average molecular weight is 233 g/mol. The van der Waals surface area contributed by atoms with Gasteiger partial charge in [-0.3, -0.25) is 4.79 Å². The Morgan fingerprint density at radius 3 is 2.27 bits per heavy atom. The standard InChI is InChI=1S/C11H23NO2S/c1-8(2)9(6-13)12-10(14)7-15-11(3,4)5/h8-9,13H,6-7H2,1-5H3,(H,12,14). The molecule has 0 aliphatic heterocycles. The van der Waals surface area contributed by atoms with Crippen molar-refractivity contribution in [3.8, 4) is 0 Å². The van der Waals surface area contributed by atoms with E-state index in [1.807, 2.05) is 13.8 Å². The Labute approximate surface area is 97.0 Å². The average Bonchev–Trinajstić information content (AvgIpc) is 2.09. The molecule has 15 heavy (non-hydrogen) atoms. The van der Waals surface area contributed by atoms with Gasteiger partial charge < -0.3 is 10.4 Å². The maximum atomic E-state index is 11.5. The van der Waals surface area contributed by atoms with E-state index < -0.39 is 0 Å². The molecule has 1 amide bonds. The fourth-order valence-electron chi connectivity index (χ4n) is 0.954. The largest absolute Gasteiger partial charge is 0.394 e. The number of amides is 1. The summed E-state index contributed by atoms with van der Waals surface area (Å²) in [6, 6.07) is -0.127. The molecule has 1 unspecified atom stereocenters. The van der Waals surface area contributed by atoms with Crippen LogP contribution >= 0.6 is 11.8 Å². The first-order chi connectivity index (χ1) is 6.76. The van der Waals surface area contributed by atoms with E-state index in [4.69, 9.17) is 5.11 Å². The van der Waals surface area contributed by atoms with Crippen molar-refractivity contribution >= 4 is 17.7 Å². The van der Waals surface area contributed by atoms with Gasteiger partial charge in [0.05, 0.1) is 18.4 Å². The van der Waals surface area contributed by atoms with Crippen LogP contribution in [-0.4, -0.2) is 34.2 Å². The van der Waals surface area contributed by atoms with Gasteiger partial charge in [0.15, 0.2) is 0 Å². The minimum Gasteiger partial charge on any atom is -0.394 e. The maximum Gasteiger partial charge on any atom is 0.230 e. The van der Waals surface area contributed by atoms with Crippen LogP contribution < -0.4 is 5.32 Å². The van der Waals surface area contributed by atoms with Crippen LogP contribution in [0.4, 0.5) is 0 Å². The molecule has 2 N–H and O–H groups in total. The second-order valence-electron chi connectivity index (χ2n) is 5.00. The van der Waals surface area contributed by atoms with Gasteiger partial charge in [-0.2, -0.15) is 0 Å². The van der Waals surface area contributed by atoms with Gasteiger partial charge >= 0.3 is 0 Å². The van der Waals surface area contributed by atoms with Gasteiger partial charge in [0.1, 0.15) is 0 Å². The van der Waals surface area contributed by atoms with Crippen LogP contribution in [0.2, 0.25) is 0 Å². The lowest BCUT2D eigenvalue weighted by atomic mass is 10.1. The second kappa shape index (κ2) is 6.38. The molecular formula is C11H23NO2S. The minimum atomic E-state index is -0.127. The zero-order valence-electron chi connectivity index (χ0n) is 10.3. The Morgan fingerprint density at radius 2 is 1.93 bits per heavy atom. The number of rotatable bonds is 5. The molecule has 3 nitrogen and oxygen atoms in total. The lowest BCUT2D eigenvalue weighted by Gasteiger charge is -2.22. The van der Waals surface area contributed by atoms with Gasteiger partial charge in [0, 0.05) is 4.75 Å². The van der Waals surface area contributed by atoms with Crippen LogP contribution in [-0.2, 0) is 4.79 Å². The van der Waals surface area contributed by atoms with Crippen molar-refractivity contribution in [3.05, 3.63) is 0 Å². The van der Waals surface area contributed by atoms with Crippen molar-refractivity contribution in [3.63, 3.8) is 0 Å². The summed E-state index contributed by atoms with van der Waals surface area (Å²) in [5.41, 5.74) is 0. The molecule has 0 aliphatic carbocycles. The molecule has 0 rings (SSSR count). The number of aliphatic hydroxyl groups excluding tert-OH is 1. The van der Waals surface area contributed by atoms with Crippen LogP contribution in [0.15, 0.2) is 0 Å². The molecule has 0 saturated heterocycles. The third-order valence-electron chi connectivity index (χ3n) is 1.98. The molecule has 0 radical (unpaired) electrons. The Morgan fingerprint density at radius 1 is 1.40 bits per heavy atom. The smallest absolute Gasteiger partial charge is 0.230 e. The van der Waals surface area contributed by atoms with Crippen LogP contribution in [0.1, 0.15) is 34.6 Å². The fraction of sp³-hybridized carbons (Fsp3) is 0.909. The van der Waals surface area contributed by atoms with E-state index in [-0.39, 0.29) is 29.2 Å². The second-order valence-corrected chi connectivity index (χ2v) is 6.80. The van der Waals surface area contributed by atoms with Crippen LogP contribution in [0.25, 0.3) is 0 Å². The monoisotopic (exact) mass is 233 g/mol. The molecular weight excluding hydrogens is 210 g/mol. The zero-order valence-corrected chi connectivity index (χ0v) is 11.1. The number of hydrogen-bond acceptors (Lipinski definition) is 3. The van der Waals surface area contributed by atoms with Crippen molar-refractivity contribution in [1.29, 1.82) is 0 Å². The van der Waals surface area contributed by atoms with Crippen LogP contribution in [0.5, 0.6) is 0 Å². The van der Waals surface area contributed by atoms with Gasteiger partial charge in [-0.15, -0.1) is 11.8 Å². The van der Waals surface area contributed by atoms with Gasteiger partial charge in [-0.1, -0.05) is 34.6 Å². The van der Waals surface area contributed by atoms with Gasteiger partial charge in [-0.25, -0.2) is 0 Å². The summed E-state index contributed by atoms with van der Waals surface area (Å²) in [4.78, 5) is 11.5. The normalized spacial score (nSPS) is 14.1. The van der Waals surface area contributed by atoms with Gasteiger partial charge in [0.25, 0.3) is 0 Å². The number of hydrogen-bond donors (Lipinski definition) is 2. The summed E-state index contributed by atoms with van der Waals surface area (Å²) in [5.74, 6) is 0.716. The van der Waals surface area contributed by atoms with E-state index in [1.54, 1.807) is 11.8 Å². The molecule has 0 bridgehead atoms. The maximum absolute atomic E-state index is 11.5. The fourth-order valence-corrected chi connectivity index (χ4v) is 1.60. The lowest BCUT2D eigenvalue weighted by Crippen LogP contribution is -2.42. The first-order valence-electron chi connectivity index (χ1n) is 5.30. The highest BCUT2D eigenvalue weighted by Gasteiger charge is 2.17. The minimum absolute atomic E-state index is 0.00248. The van der Waals surface area contributed by atoms with E-state index in [1.165, 1.54) is 0 Å². The third kappa shape index (κ3) is 7.68. The molecule has 0 spiro atoms.